The van der Waals surface area contributed by atoms with Crippen LogP contribution in [0.15, 0.2) is 90.5 Å². The van der Waals surface area contributed by atoms with E-state index in [-0.39, 0.29) is 33.9 Å². The maximum atomic E-state index is 13.5. The molecule has 6 rings (SSSR count). The number of sulfonamides is 1. The van der Waals surface area contributed by atoms with Crippen LogP contribution in [0.4, 0.5) is 4.79 Å². The smallest absolute Gasteiger partial charge is 0.282 e. The van der Waals surface area contributed by atoms with Gasteiger partial charge >= 0.3 is 0 Å². The maximum Gasteiger partial charge on any atom is 0.282 e. The fourth-order valence-corrected chi connectivity index (χ4v) is 9.02. The predicted octanol–water partition coefficient (Wildman–Crippen LogP) is 6.56. The maximum absolute atomic E-state index is 13.5. The number of rotatable bonds is 8. The second-order valence-corrected chi connectivity index (χ2v) is 13.9. The summed E-state index contributed by atoms with van der Waals surface area (Å²) >= 11 is 1.37. The van der Waals surface area contributed by atoms with Gasteiger partial charge in [0.05, 0.1) is 22.8 Å². The molecule has 4 aromatic rings. The zero-order valence-corrected chi connectivity index (χ0v) is 24.8. The lowest BCUT2D eigenvalue weighted by Gasteiger charge is -2.44. The lowest BCUT2D eigenvalue weighted by atomic mass is 9.70. The number of ether oxygens (including phenoxy) is 1. The Bertz CT molecular complexity index is 1750. The largest absolute Gasteiger partial charge is 0.497 e. The van der Waals surface area contributed by atoms with Crippen LogP contribution >= 0.6 is 11.8 Å². The summed E-state index contributed by atoms with van der Waals surface area (Å²) in [6, 6.07) is 20.6. The molecule has 0 saturated carbocycles. The Hall–Kier alpha value is -3.40. The molecular formula is C32H33N3O4S2. The lowest BCUT2D eigenvalue weighted by molar-refractivity contribution is 0.102. The Kier molecular flexibility index (Phi) is 7.30. The van der Waals surface area contributed by atoms with E-state index in [9.17, 15) is 13.2 Å². The molecule has 9 heteroatoms. The molecule has 2 aliphatic rings. The Balaban J connectivity index is 1.26. The zero-order chi connectivity index (χ0) is 28.8. The quantitative estimate of drug-likeness (QED) is 0.235. The summed E-state index contributed by atoms with van der Waals surface area (Å²) in [5.74, 6) is 0.880. The molecule has 2 aliphatic heterocycles. The molecule has 3 aromatic carbocycles. The first-order chi connectivity index (χ1) is 19.7. The molecule has 3 heterocycles. The van der Waals surface area contributed by atoms with Crippen LogP contribution in [-0.4, -0.2) is 49.8 Å². The highest BCUT2D eigenvalue weighted by atomic mass is 32.2. The predicted molar refractivity (Wildman–Crippen MR) is 165 cm³/mol. The number of carbonyl (C=O) groups excluding carboxylic acids is 1. The van der Waals surface area contributed by atoms with E-state index in [2.05, 4.69) is 23.2 Å². The number of thioether (sulfide) groups is 1. The highest BCUT2D eigenvalue weighted by Gasteiger charge is 2.48. The van der Waals surface area contributed by atoms with Crippen LogP contribution in [0.25, 0.3) is 21.7 Å². The van der Waals surface area contributed by atoms with E-state index in [0.717, 1.165) is 40.4 Å². The van der Waals surface area contributed by atoms with Gasteiger partial charge in [-0.3, -0.25) is 9.78 Å². The molecule has 1 amide bonds. The van der Waals surface area contributed by atoms with Gasteiger partial charge in [-0.2, -0.15) is 0 Å². The van der Waals surface area contributed by atoms with Gasteiger partial charge in [-0.15, -0.1) is 6.58 Å². The van der Waals surface area contributed by atoms with E-state index in [1.807, 2.05) is 65.6 Å². The molecule has 0 spiro atoms. The minimum absolute atomic E-state index is 0.0167. The molecule has 0 aliphatic carbocycles. The van der Waals surface area contributed by atoms with Gasteiger partial charge in [-0.25, -0.2) is 13.1 Å². The van der Waals surface area contributed by atoms with Gasteiger partial charge in [0.1, 0.15) is 5.75 Å². The molecule has 4 atom stereocenters. The number of hydrogen-bond acceptors (Lipinski definition) is 6. The van der Waals surface area contributed by atoms with Gasteiger partial charge in [-0.1, -0.05) is 61.2 Å². The summed E-state index contributed by atoms with van der Waals surface area (Å²) in [6.07, 6.45) is 5.20. The fraction of sp³-hybridized carbons (Fsp3) is 0.312. The molecule has 0 radical (unpaired) electrons. The van der Waals surface area contributed by atoms with E-state index in [0.29, 0.717) is 11.9 Å². The van der Waals surface area contributed by atoms with Crippen LogP contribution in [0.5, 0.6) is 5.75 Å². The minimum atomic E-state index is -3.77. The fourth-order valence-electron chi connectivity index (χ4n) is 6.30. The summed E-state index contributed by atoms with van der Waals surface area (Å²) in [6.45, 7) is 7.04. The number of nitrogens with one attached hydrogen (secondary N) is 1. The SMILES string of the molecule is C=C[C@@](C)(CNS(=O)(=O)c1cccc2ccccc12)[C@H]1CCN2C(=O)S[C@@H](c3ccnc4ccc(OC)cc34)[C@@H]2C1. The first-order valence-corrected chi connectivity index (χ1v) is 16.1. The number of nitrogens with zero attached hydrogens (tertiary/aromatic N) is 2. The summed E-state index contributed by atoms with van der Waals surface area (Å²) in [5, 5.41) is 2.58. The number of pyridine rings is 1. The van der Waals surface area contributed by atoms with E-state index >= 15 is 0 Å². The molecule has 41 heavy (non-hydrogen) atoms. The van der Waals surface area contributed by atoms with Crippen LogP contribution in [-0.2, 0) is 10.0 Å². The topological polar surface area (TPSA) is 88.6 Å². The van der Waals surface area contributed by atoms with Gasteiger partial charge in [-0.05, 0) is 60.0 Å². The molecule has 2 saturated heterocycles. The van der Waals surface area contributed by atoms with Crippen molar-refractivity contribution in [2.75, 3.05) is 20.2 Å². The van der Waals surface area contributed by atoms with Gasteiger partial charge in [0.25, 0.3) is 5.24 Å². The molecule has 212 valence electrons. The molecule has 1 aromatic heterocycles. The summed E-state index contributed by atoms with van der Waals surface area (Å²) in [7, 11) is -2.12. The standard InChI is InChI=1S/C32H33N3O4S2/c1-4-32(2,20-34-41(37,38)29-11-7-9-21-8-5-6-10-24(21)29)22-15-17-35-28(18-22)30(40-31(35)36)25-14-16-33-27-13-12-23(39-3)19-26(25)27/h4-14,16,19,22,28,30,34H,1,15,17-18,20H2,2-3H3/t22-,28-,30-,32-/m0/s1. The average Bonchev–Trinajstić information content (AvgIpc) is 3.34. The van der Waals surface area contributed by atoms with Crippen LogP contribution in [0, 0.1) is 11.3 Å². The Morgan fingerprint density at radius 3 is 2.76 bits per heavy atom. The average molecular weight is 588 g/mol. The van der Waals surface area contributed by atoms with Gasteiger partial charge < -0.3 is 9.64 Å². The highest BCUT2D eigenvalue weighted by Crippen LogP contribution is 2.52. The van der Waals surface area contributed by atoms with E-state index < -0.39 is 15.4 Å². The monoisotopic (exact) mass is 587 g/mol. The Labute approximate surface area is 245 Å². The van der Waals surface area contributed by atoms with Crippen molar-refractivity contribution >= 4 is 48.7 Å². The van der Waals surface area contributed by atoms with Crippen LogP contribution in [0.1, 0.15) is 30.6 Å². The third-order valence-corrected chi connectivity index (χ3v) is 11.5. The van der Waals surface area contributed by atoms with Crippen molar-refractivity contribution in [1.82, 2.24) is 14.6 Å². The Morgan fingerprint density at radius 2 is 1.95 bits per heavy atom. The normalized spacial score (nSPS) is 22.4. The number of carbonyl (C=O) groups is 1. The number of methoxy groups -OCH3 is 1. The number of benzene rings is 3. The number of amides is 1. The highest BCUT2D eigenvalue weighted by molar-refractivity contribution is 8.14. The van der Waals surface area contributed by atoms with Crippen molar-refractivity contribution in [3.8, 4) is 5.75 Å². The molecule has 1 N–H and O–H groups in total. The van der Waals surface area contributed by atoms with Crippen LogP contribution < -0.4 is 9.46 Å². The first-order valence-electron chi connectivity index (χ1n) is 13.7. The third-order valence-electron chi connectivity index (χ3n) is 8.83. The third kappa shape index (κ3) is 5.00. The zero-order valence-electron chi connectivity index (χ0n) is 23.1. The molecule has 7 nitrogen and oxygen atoms in total. The Morgan fingerprint density at radius 1 is 1.15 bits per heavy atom. The number of piperidine rings is 1. The van der Waals surface area contributed by atoms with Crippen LogP contribution in [0.2, 0.25) is 0 Å². The van der Waals surface area contributed by atoms with Crippen molar-refractivity contribution in [2.24, 2.45) is 11.3 Å². The minimum Gasteiger partial charge on any atom is -0.497 e. The summed E-state index contributed by atoms with van der Waals surface area (Å²) in [4.78, 5) is 19.9. The van der Waals surface area contributed by atoms with E-state index in [1.165, 1.54) is 11.8 Å². The van der Waals surface area contributed by atoms with Crippen molar-refractivity contribution in [2.45, 2.75) is 36.0 Å². The molecule has 0 unspecified atom stereocenters. The number of hydrogen-bond donors (Lipinski definition) is 1. The van der Waals surface area contributed by atoms with E-state index in [4.69, 9.17) is 4.74 Å². The van der Waals surface area contributed by atoms with Gasteiger partial charge in [0.15, 0.2) is 0 Å². The summed E-state index contributed by atoms with van der Waals surface area (Å²) in [5.41, 5.74) is 1.42. The number of aromatic nitrogens is 1. The van der Waals surface area contributed by atoms with Crippen molar-refractivity contribution < 1.29 is 17.9 Å². The second kappa shape index (κ2) is 10.8. The molecule has 0 bridgehead atoms. The first kappa shape index (κ1) is 27.8. The second-order valence-electron chi connectivity index (χ2n) is 11.1. The lowest BCUT2D eigenvalue weighted by Crippen LogP contribution is -2.48. The van der Waals surface area contributed by atoms with Crippen molar-refractivity contribution in [3.05, 3.63) is 91.1 Å². The molecular weight excluding hydrogens is 555 g/mol. The van der Waals surface area contributed by atoms with Crippen molar-refractivity contribution in [1.29, 1.82) is 0 Å². The van der Waals surface area contributed by atoms with E-state index in [1.54, 1.807) is 25.4 Å². The van der Waals surface area contributed by atoms with Crippen LogP contribution in [0.3, 0.4) is 0 Å². The number of fused-ring (bicyclic) bond motifs is 3. The molecule has 2 fully saturated rings. The van der Waals surface area contributed by atoms with Gasteiger partial charge in [0.2, 0.25) is 10.0 Å². The van der Waals surface area contributed by atoms with Gasteiger partial charge in [0, 0.05) is 41.5 Å². The van der Waals surface area contributed by atoms with Crippen molar-refractivity contribution in [3.63, 3.8) is 0 Å². The summed E-state index contributed by atoms with van der Waals surface area (Å²) < 4.78 is 35.4.